The fourth-order valence-corrected chi connectivity index (χ4v) is 0.666. The Morgan fingerprint density at radius 3 is 2.45 bits per heavy atom. The maximum Gasteiger partial charge on any atom is 0.303 e. The van der Waals surface area contributed by atoms with E-state index in [0.29, 0.717) is 6.42 Å². The highest BCUT2D eigenvalue weighted by atomic mass is 16.4. The number of nitrogens with one attached hydrogen (secondary N) is 1. The van der Waals surface area contributed by atoms with Crippen LogP contribution in [-0.2, 0) is 4.79 Å². The number of hydrogen-bond acceptors (Lipinski definition) is 3. The molecule has 1 atom stereocenters. The zero-order valence-electron chi connectivity index (χ0n) is 6.92. The second-order valence-corrected chi connectivity index (χ2v) is 2.86. The predicted molar refractivity (Wildman–Crippen MR) is 41.4 cm³/mol. The molecule has 0 aliphatic carbocycles. The molecule has 0 bridgehead atoms. The predicted octanol–water partition coefficient (Wildman–Crippen LogP) is -0.178. The summed E-state index contributed by atoms with van der Waals surface area (Å²) in [6.45, 7) is 1.74. The molecule has 1 unspecified atom stereocenters. The van der Waals surface area contributed by atoms with E-state index >= 15 is 0 Å². The van der Waals surface area contributed by atoms with E-state index in [9.17, 15) is 4.79 Å². The van der Waals surface area contributed by atoms with E-state index in [4.69, 9.17) is 10.2 Å². The zero-order valence-corrected chi connectivity index (χ0v) is 6.92. The normalized spacial score (nSPS) is 15.9. The van der Waals surface area contributed by atoms with Gasteiger partial charge < -0.3 is 15.5 Å². The van der Waals surface area contributed by atoms with Gasteiger partial charge in [0.15, 0.2) is 0 Å². The molecule has 0 amide bonds. The van der Waals surface area contributed by atoms with Crippen LogP contribution < -0.4 is 5.32 Å². The van der Waals surface area contributed by atoms with E-state index < -0.39 is 11.5 Å². The largest absolute Gasteiger partial charge is 0.481 e. The van der Waals surface area contributed by atoms with Gasteiger partial charge in [-0.05, 0) is 20.4 Å². The fourth-order valence-electron chi connectivity index (χ4n) is 0.666. The number of likely N-dealkylation sites (N-methyl/N-ethyl adjacent to an activating group) is 1. The van der Waals surface area contributed by atoms with Crippen molar-refractivity contribution < 1.29 is 15.0 Å². The summed E-state index contributed by atoms with van der Waals surface area (Å²) in [5.74, 6) is -0.833. The van der Waals surface area contributed by atoms with Gasteiger partial charge in [0, 0.05) is 12.0 Å². The van der Waals surface area contributed by atoms with Crippen molar-refractivity contribution in [1.29, 1.82) is 0 Å². The first-order valence-electron chi connectivity index (χ1n) is 3.55. The average Bonchev–Trinajstić information content (AvgIpc) is 2.00. The molecule has 4 nitrogen and oxygen atoms in total. The third-order valence-electron chi connectivity index (χ3n) is 1.84. The van der Waals surface area contributed by atoms with Crippen molar-refractivity contribution in [1.82, 2.24) is 5.32 Å². The Labute approximate surface area is 66.2 Å². The van der Waals surface area contributed by atoms with Crippen LogP contribution in [-0.4, -0.2) is 35.4 Å². The van der Waals surface area contributed by atoms with Crippen LogP contribution in [0.25, 0.3) is 0 Å². The fraction of sp³-hybridized carbons (Fsp3) is 0.857. The smallest absolute Gasteiger partial charge is 0.303 e. The van der Waals surface area contributed by atoms with Crippen molar-refractivity contribution in [3.05, 3.63) is 0 Å². The highest BCUT2D eigenvalue weighted by Gasteiger charge is 2.21. The lowest BCUT2D eigenvalue weighted by molar-refractivity contribution is -0.137. The van der Waals surface area contributed by atoms with Crippen LogP contribution in [0.3, 0.4) is 0 Å². The summed E-state index contributed by atoms with van der Waals surface area (Å²) >= 11 is 0. The molecule has 0 rings (SSSR count). The summed E-state index contributed by atoms with van der Waals surface area (Å²) in [7, 11) is 1.71. The first-order chi connectivity index (χ1) is 5.04. The Kier molecular flexibility index (Phi) is 4.07. The third kappa shape index (κ3) is 3.95. The van der Waals surface area contributed by atoms with Gasteiger partial charge in [0.05, 0.1) is 6.61 Å². The maximum absolute atomic E-state index is 10.2. The van der Waals surface area contributed by atoms with Crippen LogP contribution in [0.5, 0.6) is 0 Å². The topological polar surface area (TPSA) is 69.6 Å². The van der Waals surface area contributed by atoms with Gasteiger partial charge in [0.25, 0.3) is 0 Å². The van der Waals surface area contributed by atoms with Crippen molar-refractivity contribution in [3.8, 4) is 0 Å². The Bertz CT molecular complexity index is 132. The van der Waals surface area contributed by atoms with Gasteiger partial charge in [0.1, 0.15) is 0 Å². The lowest BCUT2D eigenvalue weighted by atomic mass is 9.97. The quantitative estimate of drug-likeness (QED) is 0.523. The van der Waals surface area contributed by atoms with Crippen molar-refractivity contribution in [3.63, 3.8) is 0 Å². The Hall–Kier alpha value is -0.610. The van der Waals surface area contributed by atoms with Gasteiger partial charge >= 0.3 is 5.97 Å². The van der Waals surface area contributed by atoms with Crippen LogP contribution in [0.4, 0.5) is 0 Å². The molecule has 0 saturated heterocycles. The minimum atomic E-state index is -0.833. The van der Waals surface area contributed by atoms with Gasteiger partial charge in [-0.15, -0.1) is 0 Å². The Morgan fingerprint density at radius 2 is 2.18 bits per heavy atom. The molecule has 0 fully saturated rings. The van der Waals surface area contributed by atoms with Gasteiger partial charge in [-0.1, -0.05) is 0 Å². The van der Waals surface area contributed by atoms with Crippen molar-refractivity contribution in [2.24, 2.45) is 0 Å². The summed E-state index contributed by atoms with van der Waals surface area (Å²) in [4.78, 5) is 10.2. The van der Waals surface area contributed by atoms with Crippen LogP contribution in [0.15, 0.2) is 0 Å². The number of aliphatic carboxylic acids is 1. The number of hydrogen-bond donors (Lipinski definition) is 3. The van der Waals surface area contributed by atoms with Crippen LogP contribution in [0.1, 0.15) is 19.8 Å². The SMILES string of the molecule is CNC(C)(CO)CCC(=O)O. The van der Waals surface area contributed by atoms with E-state index in [2.05, 4.69) is 5.32 Å². The Balaban J connectivity index is 3.78. The number of carboxylic acids is 1. The standard InChI is InChI=1S/C7H15NO3/c1-7(5-9,8-2)4-3-6(10)11/h8-9H,3-5H2,1-2H3,(H,10,11). The summed E-state index contributed by atoms with van der Waals surface area (Å²) in [6, 6.07) is 0. The molecule has 0 aromatic rings. The minimum absolute atomic E-state index is 0.0449. The highest BCUT2D eigenvalue weighted by Crippen LogP contribution is 2.09. The molecular formula is C7H15NO3. The lowest BCUT2D eigenvalue weighted by Gasteiger charge is -2.25. The number of aliphatic hydroxyl groups excluding tert-OH is 1. The minimum Gasteiger partial charge on any atom is -0.481 e. The van der Waals surface area contributed by atoms with Gasteiger partial charge in [0.2, 0.25) is 0 Å². The second-order valence-electron chi connectivity index (χ2n) is 2.86. The molecule has 0 saturated carbocycles. The molecule has 0 radical (unpaired) electrons. The maximum atomic E-state index is 10.2. The molecular weight excluding hydrogens is 146 g/mol. The monoisotopic (exact) mass is 161 g/mol. The average molecular weight is 161 g/mol. The molecule has 66 valence electrons. The van der Waals surface area contributed by atoms with Gasteiger partial charge in [-0.2, -0.15) is 0 Å². The second kappa shape index (κ2) is 4.31. The van der Waals surface area contributed by atoms with Crippen LogP contribution in [0.2, 0.25) is 0 Å². The van der Waals surface area contributed by atoms with E-state index in [1.165, 1.54) is 0 Å². The number of carbonyl (C=O) groups is 1. The molecule has 0 spiro atoms. The molecule has 0 heterocycles. The number of carboxylic acid groups (broad SMARTS) is 1. The highest BCUT2D eigenvalue weighted by molar-refractivity contribution is 5.66. The summed E-state index contributed by atoms with van der Waals surface area (Å²) in [5, 5.41) is 20.1. The lowest BCUT2D eigenvalue weighted by Crippen LogP contribution is -2.43. The number of aliphatic hydroxyl groups is 1. The summed E-state index contributed by atoms with van der Waals surface area (Å²) in [6.07, 6.45) is 0.521. The third-order valence-corrected chi connectivity index (χ3v) is 1.84. The number of rotatable bonds is 5. The van der Waals surface area contributed by atoms with Crippen LogP contribution in [0, 0.1) is 0 Å². The van der Waals surface area contributed by atoms with Crippen molar-refractivity contribution >= 4 is 5.97 Å². The summed E-state index contributed by atoms with van der Waals surface area (Å²) in [5.41, 5.74) is -0.460. The van der Waals surface area contributed by atoms with Crippen LogP contribution >= 0.6 is 0 Å². The van der Waals surface area contributed by atoms with Crippen molar-refractivity contribution in [2.75, 3.05) is 13.7 Å². The van der Waals surface area contributed by atoms with E-state index in [0.717, 1.165) is 0 Å². The van der Waals surface area contributed by atoms with E-state index in [1.807, 2.05) is 0 Å². The molecule has 0 aromatic carbocycles. The molecule has 4 heteroatoms. The zero-order chi connectivity index (χ0) is 8.91. The summed E-state index contributed by atoms with van der Waals surface area (Å²) < 4.78 is 0. The molecule has 0 aliphatic rings. The van der Waals surface area contributed by atoms with E-state index in [1.54, 1.807) is 14.0 Å². The van der Waals surface area contributed by atoms with Crippen molar-refractivity contribution in [2.45, 2.75) is 25.3 Å². The van der Waals surface area contributed by atoms with E-state index in [-0.39, 0.29) is 13.0 Å². The van der Waals surface area contributed by atoms with Gasteiger partial charge in [-0.25, -0.2) is 0 Å². The first kappa shape index (κ1) is 10.4. The molecule has 0 aliphatic heterocycles. The Morgan fingerprint density at radius 1 is 1.64 bits per heavy atom. The molecule has 0 aromatic heterocycles. The first-order valence-corrected chi connectivity index (χ1v) is 3.55. The molecule has 3 N–H and O–H groups in total. The van der Waals surface area contributed by atoms with Gasteiger partial charge in [-0.3, -0.25) is 4.79 Å². The molecule has 11 heavy (non-hydrogen) atoms.